The van der Waals surface area contributed by atoms with E-state index in [2.05, 4.69) is 91.0 Å². The minimum atomic E-state index is -3.68. The van der Waals surface area contributed by atoms with E-state index in [4.69, 9.17) is 4.18 Å². The topological polar surface area (TPSA) is 43.4 Å². The van der Waals surface area contributed by atoms with Crippen molar-refractivity contribution in [1.29, 1.82) is 0 Å². The minimum absolute atomic E-state index is 0.223. The molecule has 4 aromatic carbocycles. The second-order valence-electron chi connectivity index (χ2n) is 9.40. The number of unbranched alkanes of at least 4 members (excludes halogenated alkanes) is 4. The first kappa shape index (κ1) is 27.3. The Hall–Kier alpha value is -2.78. The Balaban J connectivity index is 1.36. The molecule has 192 valence electrons. The van der Waals surface area contributed by atoms with Crippen LogP contribution in [-0.2, 0) is 14.3 Å². The van der Waals surface area contributed by atoms with E-state index in [0.717, 1.165) is 43.8 Å². The van der Waals surface area contributed by atoms with Crippen molar-refractivity contribution < 1.29 is 12.6 Å². The molecule has 0 unspecified atom stereocenters. The van der Waals surface area contributed by atoms with Gasteiger partial charge in [-0.15, -0.1) is 0 Å². The largest absolute Gasteiger partial charge is 0.296 e. The minimum Gasteiger partial charge on any atom is -0.266 e. The SMILES string of the molecule is Cc1ccc(S(=O)(=O)OCCCCCCC[P+](c2ccccc2)(c2ccccc2)c2ccccc2)cc1. The van der Waals surface area contributed by atoms with E-state index in [1.165, 1.54) is 15.9 Å². The Bertz CT molecular complexity index is 1230. The van der Waals surface area contributed by atoms with Gasteiger partial charge in [-0.1, -0.05) is 85.1 Å². The Labute approximate surface area is 223 Å². The van der Waals surface area contributed by atoms with Gasteiger partial charge in [0.15, 0.2) is 0 Å². The zero-order valence-corrected chi connectivity index (χ0v) is 23.2. The van der Waals surface area contributed by atoms with Crippen LogP contribution in [0.5, 0.6) is 0 Å². The molecular weight excluding hydrogens is 495 g/mol. The summed E-state index contributed by atoms with van der Waals surface area (Å²) in [6.07, 6.45) is 6.10. The van der Waals surface area contributed by atoms with Crippen molar-refractivity contribution >= 4 is 33.3 Å². The molecule has 0 aliphatic heterocycles. The molecule has 0 spiro atoms. The van der Waals surface area contributed by atoms with Crippen molar-refractivity contribution in [2.24, 2.45) is 0 Å². The van der Waals surface area contributed by atoms with Crippen LogP contribution in [0.1, 0.15) is 37.7 Å². The molecule has 0 radical (unpaired) electrons. The van der Waals surface area contributed by atoms with Crippen LogP contribution in [0.3, 0.4) is 0 Å². The van der Waals surface area contributed by atoms with Crippen molar-refractivity contribution in [3.8, 4) is 0 Å². The number of benzene rings is 4. The van der Waals surface area contributed by atoms with Crippen LogP contribution in [-0.4, -0.2) is 21.2 Å². The molecular formula is C32H36O3PS+. The summed E-state index contributed by atoms with van der Waals surface area (Å²) in [7, 11) is -5.46. The first-order valence-electron chi connectivity index (χ1n) is 13.0. The third-order valence-corrected chi connectivity index (χ3v) is 12.6. The molecule has 0 atom stereocenters. The molecule has 3 nitrogen and oxygen atoms in total. The fourth-order valence-electron chi connectivity index (χ4n) is 4.80. The predicted molar refractivity (Wildman–Crippen MR) is 157 cm³/mol. The van der Waals surface area contributed by atoms with Crippen LogP contribution in [0, 0.1) is 6.92 Å². The van der Waals surface area contributed by atoms with Gasteiger partial charge in [0.2, 0.25) is 0 Å². The second kappa shape index (κ2) is 13.1. The summed E-state index contributed by atoms with van der Waals surface area (Å²) < 4.78 is 30.0. The summed E-state index contributed by atoms with van der Waals surface area (Å²) in [5.41, 5.74) is 1.03. The molecule has 37 heavy (non-hydrogen) atoms. The number of aryl methyl sites for hydroxylation is 1. The third-order valence-electron chi connectivity index (χ3n) is 6.78. The van der Waals surface area contributed by atoms with Gasteiger partial charge in [-0.3, -0.25) is 4.18 Å². The van der Waals surface area contributed by atoms with Gasteiger partial charge in [0.25, 0.3) is 10.1 Å². The Morgan fingerprint density at radius 3 is 1.49 bits per heavy atom. The lowest BCUT2D eigenvalue weighted by Crippen LogP contribution is -2.33. The molecule has 0 saturated heterocycles. The number of hydrogen-bond acceptors (Lipinski definition) is 3. The summed E-state index contributed by atoms with van der Waals surface area (Å²) in [5, 5.41) is 4.26. The lowest BCUT2D eigenvalue weighted by Gasteiger charge is -2.27. The standard InChI is InChI=1S/C32H36O3PS/c1-28-22-24-32(25-23-28)37(33,34)35-26-14-3-2-4-15-27-36(29-16-8-5-9-17-29,30-18-10-6-11-19-30)31-20-12-7-13-21-31/h5-13,16-25H,2-4,14-15,26-27H2,1H3/q+1. The molecule has 0 N–H and O–H groups in total. The van der Waals surface area contributed by atoms with Gasteiger partial charge < -0.3 is 0 Å². The van der Waals surface area contributed by atoms with Crippen LogP contribution in [0.15, 0.2) is 120 Å². The number of rotatable bonds is 13. The summed E-state index contributed by atoms with van der Waals surface area (Å²) in [5.74, 6) is 0. The molecule has 0 aliphatic carbocycles. The van der Waals surface area contributed by atoms with E-state index < -0.39 is 17.4 Å². The Kier molecular flexibility index (Phi) is 9.68. The van der Waals surface area contributed by atoms with E-state index in [1.54, 1.807) is 24.3 Å². The highest BCUT2D eigenvalue weighted by molar-refractivity contribution is 7.95. The van der Waals surface area contributed by atoms with Gasteiger partial charge >= 0.3 is 0 Å². The van der Waals surface area contributed by atoms with Crippen LogP contribution in [0.2, 0.25) is 0 Å². The highest BCUT2D eigenvalue weighted by Crippen LogP contribution is 2.56. The van der Waals surface area contributed by atoms with E-state index in [9.17, 15) is 8.42 Å². The van der Waals surface area contributed by atoms with Crippen LogP contribution in [0.25, 0.3) is 0 Å². The summed E-state index contributed by atoms with van der Waals surface area (Å²) in [6, 6.07) is 39.7. The molecule has 0 fully saturated rings. The van der Waals surface area contributed by atoms with Crippen LogP contribution < -0.4 is 15.9 Å². The van der Waals surface area contributed by atoms with E-state index in [0.29, 0.717) is 0 Å². The Morgan fingerprint density at radius 1 is 0.568 bits per heavy atom. The van der Waals surface area contributed by atoms with Gasteiger partial charge in [-0.25, -0.2) is 0 Å². The molecule has 0 aromatic heterocycles. The normalized spacial score (nSPS) is 11.9. The monoisotopic (exact) mass is 531 g/mol. The molecule has 4 rings (SSSR count). The molecule has 0 saturated carbocycles. The highest BCUT2D eigenvalue weighted by atomic mass is 32.2. The number of hydrogen-bond donors (Lipinski definition) is 0. The second-order valence-corrected chi connectivity index (χ2v) is 14.6. The third kappa shape index (κ3) is 6.96. The molecule has 0 amide bonds. The van der Waals surface area contributed by atoms with E-state index in [-0.39, 0.29) is 11.5 Å². The van der Waals surface area contributed by atoms with Gasteiger partial charge in [-0.2, -0.15) is 8.42 Å². The van der Waals surface area contributed by atoms with E-state index in [1.807, 2.05) is 6.92 Å². The van der Waals surface area contributed by atoms with Gasteiger partial charge in [0, 0.05) is 0 Å². The van der Waals surface area contributed by atoms with E-state index >= 15 is 0 Å². The maximum Gasteiger partial charge on any atom is 0.296 e. The van der Waals surface area contributed by atoms with Crippen LogP contribution in [0.4, 0.5) is 0 Å². The van der Waals surface area contributed by atoms with Crippen molar-refractivity contribution in [2.45, 2.75) is 43.9 Å². The molecule has 0 heterocycles. The first-order valence-corrected chi connectivity index (χ1v) is 16.4. The maximum absolute atomic E-state index is 12.4. The fraction of sp³-hybridized carbons (Fsp3) is 0.250. The predicted octanol–water partition coefficient (Wildman–Crippen LogP) is 6.64. The molecule has 0 bridgehead atoms. The van der Waals surface area contributed by atoms with Gasteiger partial charge in [0.1, 0.15) is 23.2 Å². The first-order chi connectivity index (χ1) is 18.0. The smallest absolute Gasteiger partial charge is 0.266 e. The molecule has 0 aliphatic rings. The quantitative estimate of drug-likeness (QED) is 0.110. The molecule has 4 aromatic rings. The summed E-state index contributed by atoms with van der Waals surface area (Å²) in [6.45, 7) is 2.16. The van der Waals surface area contributed by atoms with Crippen LogP contribution >= 0.6 is 7.26 Å². The lowest BCUT2D eigenvalue weighted by atomic mass is 10.2. The van der Waals surface area contributed by atoms with Crippen molar-refractivity contribution in [1.82, 2.24) is 0 Å². The van der Waals surface area contributed by atoms with Crippen molar-refractivity contribution in [3.05, 3.63) is 121 Å². The maximum atomic E-state index is 12.4. The average Bonchev–Trinajstić information content (AvgIpc) is 2.94. The average molecular weight is 532 g/mol. The lowest BCUT2D eigenvalue weighted by molar-refractivity contribution is 0.306. The van der Waals surface area contributed by atoms with Crippen molar-refractivity contribution in [3.63, 3.8) is 0 Å². The van der Waals surface area contributed by atoms with Gasteiger partial charge in [0.05, 0.1) is 17.7 Å². The zero-order valence-electron chi connectivity index (χ0n) is 21.5. The Morgan fingerprint density at radius 2 is 1.00 bits per heavy atom. The highest BCUT2D eigenvalue weighted by Gasteiger charge is 2.44. The van der Waals surface area contributed by atoms with Gasteiger partial charge in [-0.05, 0) is 74.7 Å². The van der Waals surface area contributed by atoms with Crippen molar-refractivity contribution in [2.75, 3.05) is 12.8 Å². The fourth-order valence-corrected chi connectivity index (χ4v) is 10.2. The summed E-state index contributed by atoms with van der Waals surface area (Å²) in [4.78, 5) is 0.223. The zero-order chi connectivity index (χ0) is 26.0. The molecule has 5 heteroatoms. The summed E-state index contributed by atoms with van der Waals surface area (Å²) >= 11 is 0.